The van der Waals surface area contributed by atoms with Crippen molar-refractivity contribution in [2.75, 3.05) is 6.54 Å². The maximum atomic E-state index is 12.8. The van der Waals surface area contributed by atoms with E-state index in [4.69, 9.17) is 0 Å². The summed E-state index contributed by atoms with van der Waals surface area (Å²) < 4.78 is 0. The number of benzene rings is 1. The smallest absolute Gasteiger partial charge is 0.251 e. The van der Waals surface area contributed by atoms with Gasteiger partial charge in [-0.25, -0.2) is 0 Å². The number of nitrogens with one attached hydrogen (secondary N) is 1. The number of fused-ring (bicyclic) bond motifs is 1. The molecule has 2 heterocycles. The molecule has 4 nitrogen and oxygen atoms in total. The van der Waals surface area contributed by atoms with Gasteiger partial charge < -0.3 is 10.2 Å². The second-order valence-electron chi connectivity index (χ2n) is 6.50. The van der Waals surface area contributed by atoms with E-state index in [1.54, 1.807) is 23.5 Å². The van der Waals surface area contributed by atoms with E-state index in [2.05, 4.69) is 23.7 Å². The predicted molar refractivity (Wildman–Crippen MR) is 101 cm³/mol. The number of thiophene rings is 1. The van der Waals surface area contributed by atoms with Crippen LogP contribution in [-0.2, 0) is 11.2 Å². The number of hydrogen-bond acceptors (Lipinski definition) is 3. The maximum Gasteiger partial charge on any atom is 0.251 e. The molecule has 1 aliphatic heterocycles. The molecule has 132 valence electrons. The van der Waals surface area contributed by atoms with Crippen molar-refractivity contribution in [3.8, 4) is 0 Å². The minimum Gasteiger partial charge on any atom is -0.349 e. The summed E-state index contributed by atoms with van der Waals surface area (Å²) in [5.41, 5.74) is 1.92. The molecule has 1 aromatic heterocycles. The third-order valence-electron chi connectivity index (χ3n) is 4.70. The van der Waals surface area contributed by atoms with Crippen molar-refractivity contribution in [3.63, 3.8) is 0 Å². The van der Waals surface area contributed by atoms with E-state index in [9.17, 15) is 9.59 Å². The topological polar surface area (TPSA) is 49.4 Å². The van der Waals surface area contributed by atoms with E-state index < -0.39 is 0 Å². The molecule has 2 aromatic rings. The molecule has 0 bridgehead atoms. The SMILES string of the molecule is CC[C@@H]1c2ccsc2CCN1C(=O)C[C@H](C)NC(=O)c1ccccc1. The van der Waals surface area contributed by atoms with Crippen molar-refractivity contribution < 1.29 is 9.59 Å². The first-order chi connectivity index (χ1) is 12.1. The molecule has 0 spiro atoms. The molecule has 0 unspecified atom stereocenters. The fourth-order valence-electron chi connectivity index (χ4n) is 3.46. The Morgan fingerprint density at radius 3 is 2.76 bits per heavy atom. The van der Waals surface area contributed by atoms with Crippen molar-refractivity contribution in [1.82, 2.24) is 10.2 Å². The Kier molecular flexibility index (Phi) is 5.53. The lowest BCUT2D eigenvalue weighted by atomic mass is 9.97. The van der Waals surface area contributed by atoms with Crippen LogP contribution in [0.3, 0.4) is 0 Å². The fourth-order valence-corrected chi connectivity index (χ4v) is 4.39. The Balaban J connectivity index is 1.61. The van der Waals surface area contributed by atoms with E-state index in [1.807, 2.05) is 30.0 Å². The van der Waals surface area contributed by atoms with Crippen molar-refractivity contribution in [2.45, 2.75) is 45.2 Å². The lowest BCUT2D eigenvalue weighted by molar-refractivity contribution is -0.134. The number of nitrogens with zero attached hydrogens (tertiary/aromatic N) is 1. The lowest BCUT2D eigenvalue weighted by Crippen LogP contribution is -2.43. The van der Waals surface area contributed by atoms with E-state index in [0.717, 1.165) is 19.4 Å². The van der Waals surface area contributed by atoms with Crippen LogP contribution in [-0.4, -0.2) is 29.3 Å². The highest BCUT2D eigenvalue weighted by Crippen LogP contribution is 2.35. The minimum atomic E-state index is -0.193. The fraction of sp³-hybridized carbons (Fsp3) is 0.400. The lowest BCUT2D eigenvalue weighted by Gasteiger charge is -2.36. The van der Waals surface area contributed by atoms with Gasteiger partial charge in [-0.05, 0) is 48.9 Å². The van der Waals surface area contributed by atoms with Gasteiger partial charge in [0.2, 0.25) is 5.91 Å². The van der Waals surface area contributed by atoms with E-state index in [1.165, 1.54) is 10.4 Å². The zero-order chi connectivity index (χ0) is 17.8. The summed E-state index contributed by atoms with van der Waals surface area (Å²) in [6.07, 6.45) is 2.18. The van der Waals surface area contributed by atoms with Crippen LogP contribution in [0.4, 0.5) is 0 Å². The van der Waals surface area contributed by atoms with Gasteiger partial charge in [-0.1, -0.05) is 25.1 Å². The van der Waals surface area contributed by atoms with Gasteiger partial charge in [0.05, 0.1) is 6.04 Å². The first kappa shape index (κ1) is 17.7. The van der Waals surface area contributed by atoms with Crippen molar-refractivity contribution in [3.05, 3.63) is 57.8 Å². The van der Waals surface area contributed by atoms with Crippen LogP contribution in [0.5, 0.6) is 0 Å². The summed E-state index contributed by atoms with van der Waals surface area (Å²) in [6, 6.07) is 11.2. The monoisotopic (exact) mass is 356 g/mol. The number of carbonyl (C=O) groups excluding carboxylic acids is 2. The molecule has 1 aliphatic rings. The average Bonchev–Trinajstić information content (AvgIpc) is 3.10. The Morgan fingerprint density at radius 2 is 2.04 bits per heavy atom. The quantitative estimate of drug-likeness (QED) is 0.886. The Morgan fingerprint density at radius 1 is 1.28 bits per heavy atom. The molecule has 2 amide bonds. The average molecular weight is 356 g/mol. The van der Waals surface area contributed by atoms with Gasteiger partial charge >= 0.3 is 0 Å². The summed E-state index contributed by atoms with van der Waals surface area (Å²) in [6.45, 7) is 4.78. The molecule has 0 fully saturated rings. The molecule has 1 N–H and O–H groups in total. The molecule has 0 saturated carbocycles. The summed E-state index contributed by atoms with van der Waals surface area (Å²) >= 11 is 1.78. The third-order valence-corrected chi connectivity index (χ3v) is 5.69. The van der Waals surface area contributed by atoms with Crippen LogP contribution in [0.1, 0.15) is 53.5 Å². The summed E-state index contributed by atoms with van der Waals surface area (Å²) in [4.78, 5) is 28.4. The van der Waals surface area contributed by atoms with Gasteiger partial charge in [-0.2, -0.15) is 0 Å². The van der Waals surface area contributed by atoms with Crippen molar-refractivity contribution in [2.24, 2.45) is 0 Å². The molecule has 1 aromatic carbocycles. The Hall–Kier alpha value is -2.14. The van der Waals surface area contributed by atoms with Gasteiger partial charge in [0.15, 0.2) is 0 Å². The number of hydrogen-bond donors (Lipinski definition) is 1. The zero-order valence-corrected chi connectivity index (χ0v) is 15.5. The highest BCUT2D eigenvalue weighted by molar-refractivity contribution is 7.10. The first-order valence-corrected chi connectivity index (χ1v) is 9.69. The molecule has 0 radical (unpaired) electrons. The van der Waals surface area contributed by atoms with Crippen LogP contribution in [0.2, 0.25) is 0 Å². The molecule has 2 atom stereocenters. The van der Waals surface area contributed by atoms with Gasteiger partial charge in [0.25, 0.3) is 5.91 Å². The molecule has 25 heavy (non-hydrogen) atoms. The third kappa shape index (κ3) is 3.93. The van der Waals surface area contributed by atoms with Crippen LogP contribution < -0.4 is 5.32 Å². The second-order valence-corrected chi connectivity index (χ2v) is 7.51. The van der Waals surface area contributed by atoms with Crippen LogP contribution >= 0.6 is 11.3 Å². The summed E-state index contributed by atoms with van der Waals surface area (Å²) in [5.74, 6) is -0.0173. The number of rotatable bonds is 5. The van der Waals surface area contributed by atoms with E-state index in [-0.39, 0.29) is 23.9 Å². The summed E-state index contributed by atoms with van der Waals surface area (Å²) in [7, 11) is 0. The zero-order valence-electron chi connectivity index (χ0n) is 14.7. The van der Waals surface area contributed by atoms with Gasteiger partial charge in [0, 0.05) is 29.4 Å². The Labute approximate surface area is 152 Å². The molecule has 5 heteroatoms. The molecular formula is C20H24N2O2S. The Bertz CT molecular complexity index is 741. The normalized spacial score (nSPS) is 17.7. The van der Waals surface area contributed by atoms with Crippen LogP contribution in [0.15, 0.2) is 41.8 Å². The van der Waals surface area contributed by atoms with E-state index >= 15 is 0 Å². The van der Waals surface area contributed by atoms with Gasteiger partial charge in [-0.15, -0.1) is 11.3 Å². The highest BCUT2D eigenvalue weighted by Gasteiger charge is 2.30. The molecule has 0 saturated heterocycles. The predicted octanol–water partition coefficient (Wildman–Crippen LogP) is 3.79. The molecule has 0 aliphatic carbocycles. The standard InChI is InChI=1S/C20H24N2O2S/c1-3-17-16-10-12-25-18(16)9-11-22(17)19(23)13-14(2)21-20(24)15-7-5-4-6-8-15/h4-8,10,12,14,17H,3,9,11,13H2,1-2H3,(H,21,24)/t14-,17+/m0/s1. The van der Waals surface area contributed by atoms with E-state index in [0.29, 0.717) is 12.0 Å². The van der Waals surface area contributed by atoms with Crippen LogP contribution in [0.25, 0.3) is 0 Å². The molecular weight excluding hydrogens is 332 g/mol. The highest BCUT2D eigenvalue weighted by atomic mass is 32.1. The maximum absolute atomic E-state index is 12.8. The van der Waals surface area contributed by atoms with Crippen molar-refractivity contribution in [1.29, 1.82) is 0 Å². The van der Waals surface area contributed by atoms with Gasteiger partial charge in [-0.3, -0.25) is 9.59 Å². The van der Waals surface area contributed by atoms with Crippen LogP contribution in [0, 0.1) is 0 Å². The number of amides is 2. The largest absolute Gasteiger partial charge is 0.349 e. The number of carbonyl (C=O) groups is 2. The van der Waals surface area contributed by atoms with Crippen molar-refractivity contribution >= 4 is 23.2 Å². The second kappa shape index (κ2) is 7.83. The molecule has 3 rings (SSSR count). The first-order valence-electron chi connectivity index (χ1n) is 8.81. The van der Waals surface area contributed by atoms with Gasteiger partial charge in [0.1, 0.15) is 0 Å². The summed E-state index contributed by atoms with van der Waals surface area (Å²) in [5, 5.41) is 5.04. The minimum absolute atomic E-state index is 0.115.